The summed E-state index contributed by atoms with van der Waals surface area (Å²) < 4.78 is 36.0. The third kappa shape index (κ3) is 2.88. The highest BCUT2D eigenvalue weighted by Gasteiger charge is 2.27. The molecule has 0 heterocycles. The average molecular weight is 287 g/mol. The van der Waals surface area contributed by atoms with Gasteiger partial charge in [-0.05, 0) is 34.7 Å². The Hall–Kier alpha value is -0.460. The highest BCUT2D eigenvalue weighted by atomic mass is 127. The van der Waals surface area contributed by atoms with Gasteiger partial charge in [0, 0.05) is 3.57 Å². The summed E-state index contributed by atoms with van der Waals surface area (Å²) in [5.74, 6) is 0. The summed E-state index contributed by atoms with van der Waals surface area (Å²) in [6, 6.07) is 6.23. The lowest BCUT2D eigenvalue weighted by atomic mass is 10.3. The van der Waals surface area contributed by atoms with Crippen molar-refractivity contribution in [2.45, 2.75) is 6.30 Å². The summed E-state index contributed by atoms with van der Waals surface area (Å²) in [5.41, 5.74) is 0.0885. The van der Waals surface area contributed by atoms with Crippen molar-refractivity contribution < 1.29 is 13.2 Å². The molecule has 1 aromatic carbocycles. The smallest absolute Gasteiger partial charge is 0.296 e. The molecule has 0 spiro atoms. The lowest BCUT2D eigenvalue weighted by molar-refractivity contribution is -0.0999. The van der Waals surface area contributed by atoms with Crippen LogP contribution in [0.4, 0.5) is 18.9 Å². The number of nitrogens with one attached hydrogen (secondary N) is 1. The van der Waals surface area contributed by atoms with Gasteiger partial charge in [-0.2, -0.15) is 13.2 Å². The van der Waals surface area contributed by atoms with E-state index in [4.69, 9.17) is 0 Å². The van der Waals surface area contributed by atoms with E-state index in [9.17, 15) is 13.2 Å². The maximum atomic E-state index is 11.8. The first-order valence-electron chi connectivity index (χ1n) is 3.08. The average Bonchev–Trinajstić information content (AvgIpc) is 1.91. The summed E-state index contributed by atoms with van der Waals surface area (Å²) in [5, 5.41) is 1.44. The molecule has 1 aromatic rings. The third-order valence-electron chi connectivity index (χ3n) is 1.15. The van der Waals surface area contributed by atoms with Gasteiger partial charge in [-0.25, -0.2) is 0 Å². The van der Waals surface area contributed by atoms with Crippen molar-refractivity contribution in [1.82, 2.24) is 0 Å². The Morgan fingerprint density at radius 2 is 1.75 bits per heavy atom. The van der Waals surface area contributed by atoms with Crippen LogP contribution in [0.25, 0.3) is 0 Å². The van der Waals surface area contributed by atoms with E-state index < -0.39 is 6.30 Å². The number of hydrogen-bond acceptors (Lipinski definition) is 1. The molecule has 66 valence electrons. The van der Waals surface area contributed by atoms with Gasteiger partial charge in [-0.1, -0.05) is 12.1 Å². The quantitative estimate of drug-likeness (QED) is 0.617. The fraction of sp³-hybridized carbons (Fsp3) is 0.143. The van der Waals surface area contributed by atoms with E-state index in [1.807, 2.05) is 22.6 Å². The van der Waals surface area contributed by atoms with Crippen molar-refractivity contribution >= 4 is 28.3 Å². The van der Waals surface area contributed by atoms with E-state index in [1.54, 1.807) is 18.2 Å². The normalized spacial score (nSPS) is 11.3. The second kappa shape index (κ2) is 3.51. The fourth-order valence-electron chi connectivity index (χ4n) is 0.715. The van der Waals surface area contributed by atoms with Crippen LogP contribution in [0, 0.1) is 3.57 Å². The molecule has 1 rings (SSSR count). The molecule has 0 aliphatic rings. The van der Waals surface area contributed by atoms with Crippen molar-refractivity contribution in [1.29, 1.82) is 0 Å². The largest absolute Gasteiger partial charge is 0.482 e. The van der Waals surface area contributed by atoms with Crippen LogP contribution in [0.5, 0.6) is 0 Å². The number of benzene rings is 1. The highest BCUT2D eigenvalue weighted by molar-refractivity contribution is 14.1. The Morgan fingerprint density at radius 3 is 2.25 bits per heavy atom. The van der Waals surface area contributed by atoms with E-state index >= 15 is 0 Å². The van der Waals surface area contributed by atoms with Crippen LogP contribution in [-0.4, -0.2) is 6.30 Å². The summed E-state index contributed by atoms with van der Waals surface area (Å²) >= 11 is 1.84. The molecule has 0 aliphatic heterocycles. The number of rotatable bonds is 1. The van der Waals surface area contributed by atoms with Crippen molar-refractivity contribution in [3.63, 3.8) is 0 Å². The molecule has 0 aromatic heterocycles. The Balaban J connectivity index is 2.83. The van der Waals surface area contributed by atoms with Crippen LogP contribution < -0.4 is 5.32 Å². The minimum atomic E-state index is -4.36. The predicted octanol–water partition coefficient (Wildman–Crippen LogP) is 3.22. The lowest BCUT2D eigenvalue weighted by Gasteiger charge is -2.10. The molecule has 0 unspecified atom stereocenters. The van der Waals surface area contributed by atoms with Crippen LogP contribution >= 0.6 is 22.6 Å². The summed E-state index contributed by atoms with van der Waals surface area (Å²) in [7, 11) is 0. The van der Waals surface area contributed by atoms with Gasteiger partial charge in [0.25, 0.3) is 0 Å². The molecule has 12 heavy (non-hydrogen) atoms. The van der Waals surface area contributed by atoms with Gasteiger partial charge < -0.3 is 0 Å². The molecule has 0 saturated carbocycles. The van der Waals surface area contributed by atoms with Crippen LogP contribution in [0.15, 0.2) is 24.3 Å². The monoisotopic (exact) mass is 287 g/mol. The molecule has 0 fully saturated rings. The summed E-state index contributed by atoms with van der Waals surface area (Å²) in [6.45, 7) is 0. The maximum absolute atomic E-state index is 11.8. The molecule has 5 heteroatoms. The molecule has 0 bridgehead atoms. The van der Waals surface area contributed by atoms with Crippen molar-refractivity contribution in [2.75, 3.05) is 5.32 Å². The van der Waals surface area contributed by atoms with Crippen LogP contribution in [0.2, 0.25) is 0 Å². The lowest BCUT2D eigenvalue weighted by Crippen LogP contribution is -2.21. The summed E-state index contributed by atoms with van der Waals surface area (Å²) in [6.07, 6.45) is -4.36. The van der Waals surface area contributed by atoms with Gasteiger partial charge >= 0.3 is 6.30 Å². The van der Waals surface area contributed by atoms with Gasteiger partial charge in [0.2, 0.25) is 0 Å². The van der Waals surface area contributed by atoms with Crippen molar-refractivity contribution in [3.05, 3.63) is 27.8 Å². The van der Waals surface area contributed by atoms with E-state index in [0.29, 0.717) is 3.57 Å². The Bertz CT molecular complexity index is 272. The molecule has 1 N–H and O–H groups in total. The molecule has 1 nitrogen and oxygen atoms in total. The third-order valence-corrected chi connectivity index (χ3v) is 2.09. The number of hydrogen-bond donors (Lipinski definition) is 1. The zero-order chi connectivity index (χ0) is 9.19. The second-order valence-corrected chi connectivity index (χ2v) is 3.26. The van der Waals surface area contributed by atoms with Gasteiger partial charge in [0.05, 0.1) is 5.69 Å². The van der Waals surface area contributed by atoms with Gasteiger partial charge in [0.15, 0.2) is 0 Å². The first-order valence-corrected chi connectivity index (χ1v) is 4.16. The molecule has 0 aliphatic carbocycles. The van der Waals surface area contributed by atoms with E-state index in [1.165, 1.54) is 11.4 Å². The van der Waals surface area contributed by atoms with Crippen LogP contribution in [-0.2, 0) is 0 Å². The molecule has 0 amide bonds. The van der Waals surface area contributed by atoms with Crippen LogP contribution in [0.3, 0.4) is 0 Å². The number of alkyl halides is 3. The Morgan fingerprint density at radius 1 is 1.17 bits per heavy atom. The van der Waals surface area contributed by atoms with E-state index in [-0.39, 0.29) is 5.69 Å². The van der Waals surface area contributed by atoms with E-state index in [0.717, 1.165) is 0 Å². The highest BCUT2D eigenvalue weighted by Crippen LogP contribution is 2.23. The fourth-order valence-corrected chi connectivity index (χ4v) is 1.24. The molecule has 0 saturated heterocycles. The minimum Gasteiger partial charge on any atom is -0.296 e. The minimum absolute atomic E-state index is 0.0885. The van der Waals surface area contributed by atoms with E-state index in [2.05, 4.69) is 0 Å². The Kier molecular flexibility index (Phi) is 2.81. The van der Waals surface area contributed by atoms with Gasteiger partial charge in [-0.15, -0.1) is 0 Å². The molecular weight excluding hydrogens is 282 g/mol. The topological polar surface area (TPSA) is 12.0 Å². The zero-order valence-electron chi connectivity index (χ0n) is 5.82. The first kappa shape index (κ1) is 9.63. The SMILES string of the molecule is FC(F)(F)Nc1ccccc1I. The van der Waals surface area contributed by atoms with Crippen molar-refractivity contribution in [2.24, 2.45) is 0 Å². The standard InChI is InChI=1S/C7H5F3IN/c8-7(9,10)12-6-4-2-1-3-5(6)11/h1-4,12H. The molecule has 0 radical (unpaired) electrons. The number of para-hydroxylation sites is 1. The molecular formula is C7H5F3IN. The van der Waals surface area contributed by atoms with Crippen LogP contribution in [0.1, 0.15) is 0 Å². The Labute approximate surface area is 81.1 Å². The first-order chi connectivity index (χ1) is 5.49. The molecule has 0 atom stereocenters. The van der Waals surface area contributed by atoms with Gasteiger partial charge in [-0.3, -0.25) is 5.32 Å². The van der Waals surface area contributed by atoms with Gasteiger partial charge in [0.1, 0.15) is 0 Å². The number of anilines is 1. The van der Waals surface area contributed by atoms with Crippen molar-refractivity contribution in [3.8, 4) is 0 Å². The predicted molar refractivity (Wildman–Crippen MR) is 48.8 cm³/mol. The number of halogens is 4. The summed E-state index contributed by atoms with van der Waals surface area (Å²) in [4.78, 5) is 0. The second-order valence-electron chi connectivity index (χ2n) is 2.10. The zero-order valence-corrected chi connectivity index (χ0v) is 7.98. The maximum Gasteiger partial charge on any atom is 0.482 e.